The van der Waals surface area contributed by atoms with E-state index in [1.807, 2.05) is 18.1 Å². The molecule has 2 heterocycles. The number of amides is 1. The van der Waals surface area contributed by atoms with Crippen molar-refractivity contribution in [3.8, 4) is 0 Å². The molecule has 0 unspecified atom stereocenters. The molecule has 1 fully saturated rings. The molecule has 0 radical (unpaired) electrons. The van der Waals surface area contributed by atoms with Gasteiger partial charge in [0, 0.05) is 38.6 Å². The second kappa shape index (κ2) is 6.56. The molecule has 1 aliphatic heterocycles. The second-order valence-corrected chi connectivity index (χ2v) is 6.49. The average Bonchev–Trinajstić information content (AvgIpc) is 2.46. The molecule has 19 heavy (non-hydrogen) atoms. The maximum atomic E-state index is 12.1. The van der Waals surface area contributed by atoms with Gasteiger partial charge in [-0.1, -0.05) is 0 Å². The highest BCUT2D eigenvalue weighted by Crippen LogP contribution is 2.15. The number of aromatic nitrogens is 2. The van der Waals surface area contributed by atoms with Gasteiger partial charge in [0.15, 0.2) is 0 Å². The predicted octanol–water partition coefficient (Wildman–Crippen LogP) is 1.64. The van der Waals surface area contributed by atoms with Gasteiger partial charge in [-0.05, 0) is 29.1 Å². The minimum absolute atomic E-state index is 0.0375. The van der Waals surface area contributed by atoms with Crippen LogP contribution in [0, 0.1) is 0 Å². The minimum atomic E-state index is 0.0375. The van der Waals surface area contributed by atoms with Crippen molar-refractivity contribution in [2.45, 2.75) is 12.2 Å². The molecule has 0 saturated carbocycles. The van der Waals surface area contributed by atoms with Crippen LogP contribution < -0.4 is 4.90 Å². The number of halogens is 1. The van der Waals surface area contributed by atoms with Crippen LogP contribution >= 0.6 is 27.7 Å². The SMILES string of the molecule is CS[C@@H](C)C(=O)N1CCN(c2ncc(Br)cn2)CC1. The van der Waals surface area contributed by atoms with Gasteiger partial charge in [0.1, 0.15) is 0 Å². The summed E-state index contributed by atoms with van der Waals surface area (Å²) in [7, 11) is 0. The molecule has 1 saturated heterocycles. The zero-order valence-electron chi connectivity index (χ0n) is 11.0. The Morgan fingerprint density at radius 2 is 1.89 bits per heavy atom. The summed E-state index contributed by atoms with van der Waals surface area (Å²) in [5.41, 5.74) is 0. The standard InChI is InChI=1S/C12H17BrN4OS/c1-9(19-2)11(18)16-3-5-17(6-4-16)12-14-7-10(13)8-15-12/h7-9H,3-6H2,1-2H3/t9-/m0/s1. The molecule has 2 rings (SSSR count). The molecule has 1 aromatic rings. The lowest BCUT2D eigenvalue weighted by molar-refractivity contribution is -0.130. The number of carbonyl (C=O) groups is 1. The largest absolute Gasteiger partial charge is 0.338 e. The summed E-state index contributed by atoms with van der Waals surface area (Å²) in [6.45, 7) is 5.01. The third kappa shape index (κ3) is 3.60. The van der Waals surface area contributed by atoms with Gasteiger partial charge in [0.25, 0.3) is 0 Å². The number of piperazine rings is 1. The normalized spacial score (nSPS) is 17.4. The van der Waals surface area contributed by atoms with E-state index in [-0.39, 0.29) is 11.2 Å². The van der Waals surface area contributed by atoms with Crippen LogP contribution in [0.5, 0.6) is 0 Å². The van der Waals surface area contributed by atoms with Crippen molar-refractivity contribution in [1.29, 1.82) is 0 Å². The number of rotatable bonds is 3. The average molecular weight is 345 g/mol. The summed E-state index contributed by atoms with van der Waals surface area (Å²) in [5, 5.41) is 0.0375. The number of hydrogen-bond donors (Lipinski definition) is 0. The summed E-state index contributed by atoms with van der Waals surface area (Å²) >= 11 is 4.91. The summed E-state index contributed by atoms with van der Waals surface area (Å²) in [4.78, 5) is 24.7. The van der Waals surface area contributed by atoms with E-state index in [9.17, 15) is 4.79 Å². The Labute approximate surface area is 125 Å². The Morgan fingerprint density at radius 1 is 1.32 bits per heavy atom. The Morgan fingerprint density at radius 3 is 2.42 bits per heavy atom. The summed E-state index contributed by atoms with van der Waals surface area (Å²) in [6, 6.07) is 0. The highest BCUT2D eigenvalue weighted by molar-refractivity contribution is 9.10. The fraction of sp³-hybridized carbons (Fsp3) is 0.583. The van der Waals surface area contributed by atoms with Gasteiger partial charge in [-0.15, -0.1) is 0 Å². The summed E-state index contributed by atoms with van der Waals surface area (Å²) in [6.07, 6.45) is 5.46. The molecule has 7 heteroatoms. The van der Waals surface area contributed by atoms with Crippen LogP contribution in [0.2, 0.25) is 0 Å². The molecule has 0 aromatic carbocycles. The molecule has 0 spiro atoms. The first-order chi connectivity index (χ1) is 9.11. The quantitative estimate of drug-likeness (QED) is 0.834. The topological polar surface area (TPSA) is 49.3 Å². The van der Waals surface area contributed by atoms with E-state index in [1.54, 1.807) is 24.2 Å². The molecular weight excluding hydrogens is 328 g/mol. The van der Waals surface area contributed by atoms with Crippen LogP contribution in [0.1, 0.15) is 6.92 Å². The Hall–Kier alpha value is -0.820. The lowest BCUT2D eigenvalue weighted by Gasteiger charge is -2.35. The molecule has 0 aliphatic carbocycles. The van der Waals surface area contributed by atoms with Crippen LogP contribution in [-0.2, 0) is 4.79 Å². The minimum Gasteiger partial charge on any atom is -0.338 e. The molecular formula is C12H17BrN4OS. The van der Waals surface area contributed by atoms with Crippen molar-refractivity contribution in [2.75, 3.05) is 37.3 Å². The number of carbonyl (C=O) groups excluding carboxylic acids is 1. The van der Waals surface area contributed by atoms with E-state index in [0.29, 0.717) is 0 Å². The fourth-order valence-electron chi connectivity index (χ4n) is 1.95. The van der Waals surface area contributed by atoms with Gasteiger partial charge in [-0.3, -0.25) is 4.79 Å². The van der Waals surface area contributed by atoms with E-state index < -0.39 is 0 Å². The van der Waals surface area contributed by atoms with Crippen molar-refractivity contribution < 1.29 is 4.79 Å². The Kier molecular flexibility index (Phi) is 5.04. The van der Waals surface area contributed by atoms with Crippen LogP contribution in [-0.4, -0.2) is 58.5 Å². The van der Waals surface area contributed by atoms with Crippen LogP contribution in [0.25, 0.3) is 0 Å². The monoisotopic (exact) mass is 344 g/mol. The maximum Gasteiger partial charge on any atom is 0.235 e. The number of nitrogens with zero attached hydrogens (tertiary/aromatic N) is 4. The third-order valence-corrected chi connectivity index (χ3v) is 4.50. The third-order valence-electron chi connectivity index (χ3n) is 3.18. The predicted molar refractivity (Wildman–Crippen MR) is 81.5 cm³/mol. The van der Waals surface area contributed by atoms with Gasteiger partial charge in [-0.2, -0.15) is 11.8 Å². The highest BCUT2D eigenvalue weighted by Gasteiger charge is 2.25. The summed E-state index contributed by atoms with van der Waals surface area (Å²) < 4.78 is 0.874. The van der Waals surface area contributed by atoms with Crippen molar-refractivity contribution in [1.82, 2.24) is 14.9 Å². The Balaban J connectivity index is 1.92. The van der Waals surface area contributed by atoms with Crippen molar-refractivity contribution in [3.63, 3.8) is 0 Å². The van der Waals surface area contributed by atoms with Crippen molar-refractivity contribution >= 4 is 39.5 Å². The van der Waals surface area contributed by atoms with Crippen molar-refractivity contribution in [3.05, 3.63) is 16.9 Å². The van der Waals surface area contributed by atoms with E-state index in [0.717, 1.165) is 36.6 Å². The maximum absolute atomic E-state index is 12.1. The molecule has 0 bridgehead atoms. The van der Waals surface area contributed by atoms with Gasteiger partial charge in [0.2, 0.25) is 11.9 Å². The molecule has 1 amide bonds. The number of thioether (sulfide) groups is 1. The molecule has 1 atom stereocenters. The zero-order valence-corrected chi connectivity index (χ0v) is 13.4. The van der Waals surface area contributed by atoms with E-state index >= 15 is 0 Å². The molecule has 5 nitrogen and oxygen atoms in total. The van der Waals surface area contributed by atoms with Crippen LogP contribution in [0.3, 0.4) is 0 Å². The van der Waals surface area contributed by atoms with Gasteiger partial charge in [-0.25, -0.2) is 9.97 Å². The molecule has 104 valence electrons. The lowest BCUT2D eigenvalue weighted by Crippen LogP contribution is -2.51. The molecule has 1 aromatic heterocycles. The molecule has 0 N–H and O–H groups in total. The first-order valence-corrected chi connectivity index (χ1v) is 8.24. The fourth-order valence-corrected chi connectivity index (χ4v) is 2.51. The Bertz CT molecular complexity index is 434. The van der Waals surface area contributed by atoms with Gasteiger partial charge < -0.3 is 9.80 Å². The van der Waals surface area contributed by atoms with E-state index in [1.165, 1.54) is 0 Å². The first-order valence-electron chi connectivity index (χ1n) is 6.16. The number of hydrogen-bond acceptors (Lipinski definition) is 5. The molecule has 1 aliphatic rings. The smallest absolute Gasteiger partial charge is 0.235 e. The van der Waals surface area contributed by atoms with Crippen LogP contribution in [0.15, 0.2) is 16.9 Å². The number of anilines is 1. The lowest BCUT2D eigenvalue weighted by atomic mass is 10.3. The summed E-state index contributed by atoms with van der Waals surface area (Å²) in [5.74, 6) is 0.956. The van der Waals surface area contributed by atoms with Gasteiger partial charge >= 0.3 is 0 Å². The van der Waals surface area contributed by atoms with E-state index in [4.69, 9.17) is 0 Å². The van der Waals surface area contributed by atoms with E-state index in [2.05, 4.69) is 30.8 Å². The van der Waals surface area contributed by atoms with Crippen molar-refractivity contribution in [2.24, 2.45) is 0 Å². The zero-order chi connectivity index (χ0) is 13.8. The first kappa shape index (κ1) is 14.6. The van der Waals surface area contributed by atoms with Gasteiger partial charge in [0.05, 0.1) is 9.72 Å². The highest BCUT2D eigenvalue weighted by atomic mass is 79.9. The second-order valence-electron chi connectivity index (χ2n) is 4.39. The van der Waals surface area contributed by atoms with Crippen LogP contribution in [0.4, 0.5) is 5.95 Å².